The van der Waals surface area contributed by atoms with Crippen LogP contribution in [0.15, 0.2) is 29.8 Å². The molecule has 0 unspecified atom stereocenters. The number of rotatable bonds is 3. The summed E-state index contributed by atoms with van der Waals surface area (Å²) < 4.78 is 5.05. The molecule has 76 valence electrons. The molecule has 1 rings (SSSR count). The highest BCUT2D eigenvalue weighted by Crippen LogP contribution is 2.24. The van der Waals surface area contributed by atoms with Crippen molar-refractivity contribution in [1.29, 1.82) is 0 Å². The monoisotopic (exact) mass is 191 g/mol. The van der Waals surface area contributed by atoms with E-state index in [1.165, 1.54) is 0 Å². The van der Waals surface area contributed by atoms with Crippen LogP contribution >= 0.6 is 0 Å². The molecule has 1 aromatic rings. The summed E-state index contributed by atoms with van der Waals surface area (Å²) in [6.45, 7) is 11.1. The zero-order valence-corrected chi connectivity index (χ0v) is 9.08. The number of aliphatic imine (C=N–C) groups is 1. The fraction of sp³-hybridized carbons (Fsp3) is 0.250. The molecule has 0 aliphatic rings. The van der Waals surface area contributed by atoms with E-state index in [2.05, 4.69) is 18.3 Å². The summed E-state index contributed by atoms with van der Waals surface area (Å²) in [6, 6.07) is 5.57. The fourth-order valence-corrected chi connectivity index (χ4v) is 0.967. The molecule has 0 heterocycles. The van der Waals surface area contributed by atoms with Gasteiger partial charge in [-0.1, -0.05) is 26.5 Å². The van der Waals surface area contributed by atoms with Crippen LogP contribution in [0.4, 0.5) is 5.69 Å². The van der Waals surface area contributed by atoms with Crippen molar-refractivity contribution in [2.24, 2.45) is 4.99 Å². The van der Waals surface area contributed by atoms with Gasteiger partial charge in [-0.05, 0) is 24.9 Å². The Kier molecular flexibility index (Phi) is 6.12. The van der Waals surface area contributed by atoms with Crippen molar-refractivity contribution < 1.29 is 4.74 Å². The molecule has 0 spiro atoms. The van der Waals surface area contributed by atoms with Gasteiger partial charge in [0.2, 0.25) is 0 Å². The number of hydrogen-bond donors (Lipinski definition) is 0. The lowest BCUT2D eigenvalue weighted by molar-refractivity contribution is 0.415. The second-order valence-electron chi connectivity index (χ2n) is 2.29. The normalized spacial score (nSPS) is 8.21. The highest BCUT2D eigenvalue weighted by atomic mass is 16.5. The smallest absolute Gasteiger partial charge is 0.119 e. The van der Waals surface area contributed by atoms with Gasteiger partial charge in [-0.25, -0.2) is 0 Å². The van der Waals surface area contributed by atoms with Crippen molar-refractivity contribution in [3.63, 3.8) is 0 Å². The van der Waals surface area contributed by atoms with Crippen LogP contribution in [0.2, 0.25) is 0 Å². The summed E-state index contributed by atoms with van der Waals surface area (Å²) in [7, 11) is 1.63. The van der Waals surface area contributed by atoms with E-state index in [0.29, 0.717) is 0 Å². The lowest BCUT2D eigenvalue weighted by Gasteiger charge is -2.03. The minimum absolute atomic E-state index is 0.803. The van der Waals surface area contributed by atoms with Gasteiger partial charge in [0.05, 0.1) is 12.8 Å². The molecule has 0 saturated heterocycles. The van der Waals surface area contributed by atoms with E-state index >= 15 is 0 Å². The van der Waals surface area contributed by atoms with Gasteiger partial charge >= 0.3 is 0 Å². The quantitative estimate of drug-likeness (QED) is 0.667. The first-order valence-electron chi connectivity index (χ1n) is 4.59. The first kappa shape index (κ1) is 12.4. The molecule has 0 aromatic heterocycles. The Morgan fingerprint density at radius 1 is 1.36 bits per heavy atom. The van der Waals surface area contributed by atoms with E-state index in [4.69, 9.17) is 4.74 Å². The predicted octanol–water partition coefficient (Wildman–Crippen LogP) is 3.70. The molecule has 14 heavy (non-hydrogen) atoms. The average Bonchev–Trinajstić information content (AvgIpc) is 2.30. The molecule has 1 aromatic carbocycles. The maximum atomic E-state index is 5.05. The summed E-state index contributed by atoms with van der Waals surface area (Å²) in [5, 5.41) is 0. The van der Waals surface area contributed by atoms with Gasteiger partial charge in [0.15, 0.2) is 0 Å². The molecule has 0 fully saturated rings. The highest BCUT2D eigenvalue weighted by molar-refractivity contribution is 5.66. The molecule has 0 bridgehead atoms. The molecule has 0 N–H and O–H groups in total. The van der Waals surface area contributed by atoms with Crippen LogP contribution in [0, 0.1) is 0 Å². The lowest BCUT2D eigenvalue weighted by Crippen LogP contribution is -1.83. The van der Waals surface area contributed by atoms with Crippen LogP contribution in [0.3, 0.4) is 0 Å². The van der Waals surface area contributed by atoms with Gasteiger partial charge in [-0.2, -0.15) is 0 Å². The first-order chi connectivity index (χ1) is 6.81. The van der Waals surface area contributed by atoms with Crippen molar-refractivity contribution in [1.82, 2.24) is 0 Å². The minimum atomic E-state index is 0.803. The molecule has 0 atom stereocenters. The number of methoxy groups -OCH3 is 1. The van der Waals surface area contributed by atoms with Crippen molar-refractivity contribution in [2.75, 3.05) is 7.11 Å². The topological polar surface area (TPSA) is 21.6 Å². The highest BCUT2D eigenvalue weighted by Gasteiger charge is 1.97. The van der Waals surface area contributed by atoms with Crippen molar-refractivity contribution in [3.8, 4) is 5.75 Å². The molecular formula is C12H17NO. The van der Waals surface area contributed by atoms with E-state index in [9.17, 15) is 0 Å². The molecule has 2 heteroatoms. The van der Waals surface area contributed by atoms with Crippen molar-refractivity contribution in [2.45, 2.75) is 13.8 Å². The largest absolute Gasteiger partial charge is 0.497 e. The minimum Gasteiger partial charge on any atom is -0.497 e. The van der Waals surface area contributed by atoms with E-state index in [1.807, 2.05) is 32.0 Å². The van der Waals surface area contributed by atoms with Gasteiger partial charge in [0.1, 0.15) is 5.75 Å². The lowest BCUT2D eigenvalue weighted by atomic mass is 10.1. The summed E-state index contributed by atoms with van der Waals surface area (Å²) >= 11 is 0. The maximum Gasteiger partial charge on any atom is 0.119 e. The molecule has 0 saturated carbocycles. The first-order valence-corrected chi connectivity index (χ1v) is 4.59. The second kappa shape index (κ2) is 6.89. The van der Waals surface area contributed by atoms with Crippen LogP contribution in [0.1, 0.15) is 19.4 Å². The standard InChI is InChI=1S/C10H11NO.C2H6/c1-4-8-7-9(12-3)5-6-10(8)11-2;1-2/h4-7H,1-2H2,3H3;1-2H3. The van der Waals surface area contributed by atoms with Gasteiger partial charge in [-0.15, -0.1) is 0 Å². The third-order valence-electron chi connectivity index (χ3n) is 1.62. The summed E-state index contributed by atoms with van der Waals surface area (Å²) in [6.07, 6.45) is 1.73. The molecule has 0 amide bonds. The summed E-state index contributed by atoms with van der Waals surface area (Å²) in [5.41, 5.74) is 1.76. The van der Waals surface area contributed by atoms with E-state index in [-0.39, 0.29) is 0 Å². The number of benzene rings is 1. The SMILES string of the molecule is C=Cc1cc(OC)ccc1N=C.CC. The van der Waals surface area contributed by atoms with Crippen LogP contribution in [0.5, 0.6) is 5.75 Å². The molecule has 0 aliphatic carbocycles. The van der Waals surface area contributed by atoms with Crippen LogP contribution in [-0.4, -0.2) is 13.8 Å². The van der Waals surface area contributed by atoms with Crippen molar-refractivity contribution in [3.05, 3.63) is 30.3 Å². The number of hydrogen-bond acceptors (Lipinski definition) is 2. The summed E-state index contributed by atoms with van der Waals surface area (Å²) in [4.78, 5) is 3.84. The van der Waals surface area contributed by atoms with Crippen LogP contribution in [-0.2, 0) is 0 Å². The van der Waals surface area contributed by atoms with Gasteiger partial charge < -0.3 is 4.74 Å². The third kappa shape index (κ3) is 3.05. The van der Waals surface area contributed by atoms with Gasteiger partial charge in [-0.3, -0.25) is 4.99 Å². The molecule has 0 radical (unpaired) electrons. The number of ether oxygens (including phenoxy) is 1. The van der Waals surface area contributed by atoms with E-state index < -0.39 is 0 Å². The predicted molar refractivity (Wildman–Crippen MR) is 63.6 cm³/mol. The maximum absolute atomic E-state index is 5.05. The zero-order chi connectivity index (χ0) is 11.0. The Balaban J connectivity index is 0.000000791. The third-order valence-corrected chi connectivity index (χ3v) is 1.62. The summed E-state index contributed by atoms with van der Waals surface area (Å²) in [5.74, 6) is 0.803. The van der Waals surface area contributed by atoms with Crippen LogP contribution in [0.25, 0.3) is 6.08 Å². The molecule has 2 nitrogen and oxygen atoms in total. The Morgan fingerprint density at radius 2 is 2.00 bits per heavy atom. The van der Waals surface area contributed by atoms with Gasteiger partial charge in [0.25, 0.3) is 0 Å². The van der Waals surface area contributed by atoms with E-state index in [1.54, 1.807) is 13.2 Å². The van der Waals surface area contributed by atoms with Crippen LogP contribution < -0.4 is 4.74 Å². The number of nitrogens with zero attached hydrogens (tertiary/aromatic N) is 1. The Morgan fingerprint density at radius 3 is 2.43 bits per heavy atom. The molecular weight excluding hydrogens is 174 g/mol. The zero-order valence-electron chi connectivity index (χ0n) is 9.08. The van der Waals surface area contributed by atoms with Gasteiger partial charge in [0, 0.05) is 5.56 Å². The fourth-order valence-electron chi connectivity index (χ4n) is 0.967. The Labute approximate surface area is 85.9 Å². The second-order valence-corrected chi connectivity index (χ2v) is 2.29. The Bertz CT molecular complexity index is 305. The van der Waals surface area contributed by atoms with E-state index in [0.717, 1.165) is 17.0 Å². The average molecular weight is 191 g/mol. The molecule has 0 aliphatic heterocycles. The Hall–Kier alpha value is -1.57. The van der Waals surface area contributed by atoms with Crippen molar-refractivity contribution >= 4 is 18.5 Å².